The molecular weight excluding hydrogens is 397 g/mol. The second-order valence-corrected chi connectivity index (χ2v) is 7.23. The third kappa shape index (κ3) is 5.13. The minimum atomic E-state index is -0.308. The molecule has 2 N–H and O–H groups in total. The molecule has 0 fully saturated rings. The molecule has 29 heavy (non-hydrogen) atoms. The van der Waals surface area contributed by atoms with Crippen molar-refractivity contribution in [2.75, 3.05) is 26.0 Å². The van der Waals surface area contributed by atoms with Crippen LogP contribution in [0.1, 0.15) is 11.3 Å². The molecule has 2 aromatic carbocycles. The number of methoxy groups -OCH3 is 1. The smallest absolute Gasteiger partial charge is 0.279 e. The number of nitrogens with one attached hydrogen (secondary N) is 2. The van der Waals surface area contributed by atoms with Crippen LogP contribution in [0.5, 0.6) is 5.75 Å². The number of aromatic nitrogens is 1. The monoisotopic (exact) mass is 418 g/mol. The fourth-order valence-corrected chi connectivity index (χ4v) is 3.17. The van der Waals surface area contributed by atoms with E-state index in [1.807, 2.05) is 14.0 Å². The van der Waals surface area contributed by atoms with Gasteiger partial charge in [-0.1, -0.05) is 16.8 Å². The van der Waals surface area contributed by atoms with Crippen molar-refractivity contribution in [2.45, 2.75) is 13.5 Å². The number of ether oxygens (including phenoxy) is 1. The van der Waals surface area contributed by atoms with Crippen LogP contribution in [0.3, 0.4) is 0 Å². The number of anilines is 1. The summed E-state index contributed by atoms with van der Waals surface area (Å²) in [6, 6.07) is 11.1. The summed E-state index contributed by atoms with van der Waals surface area (Å²) in [7, 11) is 3.42. The van der Waals surface area contributed by atoms with Crippen LogP contribution in [-0.4, -0.2) is 31.8 Å². The summed E-state index contributed by atoms with van der Waals surface area (Å²) in [6.45, 7) is 2.61. The number of halogens is 2. The average Bonchev–Trinajstić information content (AvgIpc) is 3.03. The molecule has 1 aromatic heterocycles. The van der Waals surface area contributed by atoms with Crippen LogP contribution < -0.4 is 15.0 Å². The van der Waals surface area contributed by atoms with Crippen LogP contribution in [0.4, 0.5) is 10.1 Å². The lowest BCUT2D eigenvalue weighted by Gasteiger charge is -2.14. The molecule has 0 saturated heterocycles. The van der Waals surface area contributed by atoms with Crippen molar-refractivity contribution in [2.24, 2.45) is 0 Å². The summed E-state index contributed by atoms with van der Waals surface area (Å²) in [4.78, 5) is 13.3. The lowest BCUT2D eigenvalue weighted by atomic mass is 10.1. The van der Waals surface area contributed by atoms with E-state index in [1.54, 1.807) is 30.3 Å². The van der Waals surface area contributed by atoms with Crippen LogP contribution in [0, 0.1) is 12.7 Å². The van der Waals surface area contributed by atoms with Gasteiger partial charge in [0.05, 0.1) is 19.8 Å². The van der Waals surface area contributed by atoms with E-state index in [-0.39, 0.29) is 18.3 Å². The molecule has 0 bridgehead atoms. The molecule has 3 aromatic rings. The maximum atomic E-state index is 13.1. The summed E-state index contributed by atoms with van der Waals surface area (Å²) in [5.74, 6) is 0.651. The van der Waals surface area contributed by atoms with Crippen molar-refractivity contribution in [3.8, 4) is 17.1 Å². The lowest BCUT2D eigenvalue weighted by molar-refractivity contribution is -0.885. The van der Waals surface area contributed by atoms with E-state index in [0.29, 0.717) is 28.8 Å². The first-order valence-corrected chi connectivity index (χ1v) is 9.41. The number of hydrogen-bond acceptors (Lipinski definition) is 4. The number of quaternary nitrogens is 1. The van der Waals surface area contributed by atoms with E-state index in [0.717, 1.165) is 21.7 Å². The van der Waals surface area contributed by atoms with E-state index in [2.05, 4.69) is 10.5 Å². The Labute approximate surface area is 173 Å². The summed E-state index contributed by atoms with van der Waals surface area (Å²) in [5.41, 5.74) is 2.89. The van der Waals surface area contributed by atoms with Gasteiger partial charge in [0.25, 0.3) is 5.91 Å². The Balaban J connectivity index is 1.64. The number of hydrogen-bond donors (Lipinski definition) is 2. The normalized spacial score (nSPS) is 11.9. The minimum Gasteiger partial charge on any atom is -0.495 e. The van der Waals surface area contributed by atoms with Crippen LogP contribution in [0.25, 0.3) is 11.3 Å². The Bertz CT molecular complexity index is 1000. The number of rotatable bonds is 7. The third-order valence-corrected chi connectivity index (χ3v) is 4.73. The van der Waals surface area contributed by atoms with Gasteiger partial charge in [-0.15, -0.1) is 0 Å². The molecule has 3 rings (SSSR count). The predicted octanol–water partition coefficient (Wildman–Crippen LogP) is 3.10. The molecule has 0 aliphatic carbocycles. The second kappa shape index (κ2) is 9.07. The zero-order valence-electron chi connectivity index (χ0n) is 16.4. The summed E-state index contributed by atoms with van der Waals surface area (Å²) in [5, 5.41) is 7.46. The molecule has 8 heteroatoms. The van der Waals surface area contributed by atoms with Gasteiger partial charge in [0.15, 0.2) is 12.3 Å². The highest BCUT2D eigenvalue weighted by molar-refractivity contribution is 6.31. The number of likely N-dealkylation sites (N-methyl/N-ethyl adjacent to an activating group) is 1. The Morgan fingerprint density at radius 2 is 2.00 bits per heavy atom. The van der Waals surface area contributed by atoms with Gasteiger partial charge in [0, 0.05) is 16.1 Å². The van der Waals surface area contributed by atoms with Crippen molar-refractivity contribution >= 4 is 23.2 Å². The SMILES string of the molecule is COc1ccc(Cl)cc1NC(=O)C[NH+](C)Cc1noc(-c2ccc(F)cc2)c1C. The van der Waals surface area contributed by atoms with Crippen LogP contribution in [0.15, 0.2) is 47.0 Å². The molecule has 0 radical (unpaired) electrons. The zero-order chi connectivity index (χ0) is 21.0. The van der Waals surface area contributed by atoms with Gasteiger partial charge in [-0.05, 0) is 49.4 Å². The Kier molecular flexibility index (Phi) is 6.51. The number of amides is 1. The predicted molar refractivity (Wildman–Crippen MR) is 109 cm³/mol. The summed E-state index contributed by atoms with van der Waals surface area (Å²) in [6.07, 6.45) is 0. The van der Waals surface area contributed by atoms with Crippen molar-refractivity contribution < 1.29 is 23.3 Å². The molecule has 152 valence electrons. The van der Waals surface area contributed by atoms with Crippen molar-refractivity contribution in [3.05, 3.63) is 64.6 Å². The summed E-state index contributed by atoms with van der Waals surface area (Å²) >= 11 is 6.00. The Morgan fingerprint density at radius 1 is 1.28 bits per heavy atom. The van der Waals surface area contributed by atoms with Crippen molar-refractivity contribution in [1.82, 2.24) is 5.16 Å². The minimum absolute atomic E-state index is 0.178. The van der Waals surface area contributed by atoms with E-state index in [9.17, 15) is 9.18 Å². The molecule has 1 atom stereocenters. The van der Waals surface area contributed by atoms with Gasteiger partial charge in [0.2, 0.25) is 0 Å². The number of carbonyl (C=O) groups is 1. The Hall–Kier alpha value is -2.90. The van der Waals surface area contributed by atoms with Crippen LogP contribution in [-0.2, 0) is 11.3 Å². The maximum Gasteiger partial charge on any atom is 0.279 e. The van der Waals surface area contributed by atoms with E-state index >= 15 is 0 Å². The highest BCUT2D eigenvalue weighted by Gasteiger charge is 2.19. The Morgan fingerprint density at radius 3 is 2.69 bits per heavy atom. The van der Waals surface area contributed by atoms with Gasteiger partial charge < -0.3 is 19.5 Å². The topological polar surface area (TPSA) is 68.8 Å². The molecule has 1 amide bonds. The quantitative estimate of drug-likeness (QED) is 0.618. The molecular formula is C21H22ClFN3O3+. The first-order chi connectivity index (χ1) is 13.9. The number of nitrogens with zero attached hydrogens (tertiary/aromatic N) is 1. The lowest BCUT2D eigenvalue weighted by Crippen LogP contribution is -3.08. The maximum absolute atomic E-state index is 13.1. The molecule has 0 spiro atoms. The van der Waals surface area contributed by atoms with E-state index in [1.165, 1.54) is 19.2 Å². The van der Waals surface area contributed by atoms with Gasteiger partial charge in [0.1, 0.15) is 23.8 Å². The fourth-order valence-electron chi connectivity index (χ4n) is 3.00. The highest BCUT2D eigenvalue weighted by Crippen LogP contribution is 2.27. The molecule has 0 aliphatic heterocycles. The van der Waals surface area contributed by atoms with Gasteiger partial charge >= 0.3 is 0 Å². The fraction of sp³-hybridized carbons (Fsp3) is 0.238. The van der Waals surface area contributed by atoms with Crippen molar-refractivity contribution in [3.63, 3.8) is 0 Å². The van der Waals surface area contributed by atoms with E-state index in [4.69, 9.17) is 20.9 Å². The van der Waals surface area contributed by atoms with Gasteiger partial charge in [-0.3, -0.25) is 4.79 Å². The zero-order valence-corrected chi connectivity index (χ0v) is 17.1. The van der Waals surface area contributed by atoms with Crippen LogP contribution >= 0.6 is 11.6 Å². The molecule has 0 aliphatic rings. The number of benzene rings is 2. The largest absolute Gasteiger partial charge is 0.495 e. The second-order valence-electron chi connectivity index (χ2n) is 6.79. The first-order valence-electron chi connectivity index (χ1n) is 9.03. The molecule has 0 saturated carbocycles. The standard InChI is InChI=1S/C21H21ClFN3O3/c1-13-18(25-29-21(13)14-4-7-16(23)8-5-14)11-26(2)12-20(27)24-17-10-15(22)6-9-19(17)28-3/h4-10H,11-12H2,1-3H3,(H,24,27)/p+1. The van der Waals surface area contributed by atoms with E-state index < -0.39 is 0 Å². The van der Waals surface area contributed by atoms with Crippen LogP contribution in [0.2, 0.25) is 5.02 Å². The van der Waals surface area contributed by atoms with Gasteiger partial charge in [-0.25, -0.2) is 4.39 Å². The molecule has 1 heterocycles. The van der Waals surface area contributed by atoms with Crippen molar-refractivity contribution in [1.29, 1.82) is 0 Å². The number of carbonyl (C=O) groups excluding carboxylic acids is 1. The highest BCUT2D eigenvalue weighted by atomic mass is 35.5. The first kappa shape index (κ1) is 20.8. The van der Waals surface area contributed by atoms with Gasteiger partial charge in [-0.2, -0.15) is 0 Å². The molecule has 1 unspecified atom stereocenters. The average molecular weight is 419 g/mol. The summed E-state index contributed by atoms with van der Waals surface area (Å²) < 4.78 is 23.8. The molecule has 6 nitrogen and oxygen atoms in total. The third-order valence-electron chi connectivity index (χ3n) is 4.49.